The van der Waals surface area contributed by atoms with Crippen molar-refractivity contribution < 1.29 is 14.4 Å². The molecule has 0 spiro atoms. The smallest absolute Gasteiger partial charge is 0.261 e. The lowest BCUT2D eigenvalue weighted by atomic mass is 9.91. The van der Waals surface area contributed by atoms with Gasteiger partial charge in [-0.05, 0) is 17.3 Å². The molecule has 3 rings (SSSR count). The molecule has 1 aromatic carbocycles. The van der Waals surface area contributed by atoms with Crippen LogP contribution in [0.15, 0.2) is 24.3 Å². The topological polar surface area (TPSA) is 98.0 Å². The summed E-state index contributed by atoms with van der Waals surface area (Å²) in [6, 6.07) is 6.74. The molecule has 25 heavy (non-hydrogen) atoms. The third-order valence-electron chi connectivity index (χ3n) is 4.05. The van der Waals surface area contributed by atoms with E-state index in [9.17, 15) is 14.4 Å². The summed E-state index contributed by atoms with van der Waals surface area (Å²) >= 11 is 0. The van der Waals surface area contributed by atoms with E-state index in [1.54, 1.807) is 24.3 Å². The first-order valence-electron chi connectivity index (χ1n) is 8.02. The molecule has 8 nitrogen and oxygen atoms in total. The summed E-state index contributed by atoms with van der Waals surface area (Å²) in [4.78, 5) is 39.0. The van der Waals surface area contributed by atoms with Crippen LogP contribution in [0.4, 0.5) is 0 Å². The number of imide groups is 1. The Morgan fingerprint density at radius 1 is 1.08 bits per heavy atom. The van der Waals surface area contributed by atoms with Crippen molar-refractivity contribution in [1.29, 1.82) is 0 Å². The largest absolute Gasteiger partial charge is 0.297 e. The van der Waals surface area contributed by atoms with E-state index in [1.807, 2.05) is 20.8 Å². The Bertz CT molecular complexity index is 815. The van der Waals surface area contributed by atoms with Gasteiger partial charge < -0.3 is 0 Å². The molecule has 2 heterocycles. The minimum absolute atomic E-state index is 0.00296. The van der Waals surface area contributed by atoms with Crippen molar-refractivity contribution in [2.24, 2.45) is 5.41 Å². The molecule has 0 aliphatic carbocycles. The molecule has 2 aromatic rings. The van der Waals surface area contributed by atoms with Crippen LogP contribution in [0.2, 0.25) is 0 Å². The average molecular weight is 341 g/mol. The van der Waals surface area contributed by atoms with Gasteiger partial charge in [0.15, 0.2) is 11.6 Å². The van der Waals surface area contributed by atoms with Gasteiger partial charge in [-0.2, -0.15) is 4.80 Å². The highest BCUT2D eigenvalue weighted by molar-refractivity contribution is 6.21. The van der Waals surface area contributed by atoms with Crippen molar-refractivity contribution in [2.75, 3.05) is 6.54 Å². The standard InChI is InChI=1S/C17H19N5O3/c1-17(2,3)13(23)10-22-19-14(18-20-22)8-9-21-15(24)11-6-4-5-7-12(11)16(21)25/h4-7H,8-10H2,1-3H3. The summed E-state index contributed by atoms with van der Waals surface area (Å²) in [6.07, 6.45) is 0.287. The van der Waals surface area contributed by atoms with Gasteiger partial charge in [0.25, 0.3) is 11.8 Å². The van der Waals surface area contributed by atoms with E-state index < -0.39 is 5.41 Å². The van der Waals surface area contributed by atoms with Gasteiger partial charge in [0.1, 0.15) is 6.54 Å². The number of hydrogen-bond acceptors (Lipinski definition) is 6. The summed E-state index contributed by atoms with van der Waals surface area (Å²) in [6.45, 7) is 5.70. The normalized spacial score (nSPS) is 14.1. The Labute approximate surface area is 144 Å². The zero-order valence-electron chi connectivity index (χ0n) is 14.4. The number of amides is 2. The lowest BCUT2D eigenvalue weighted by Gasteiger charge is -2.15. The fraction of sp³-hybridized carbons (Fsp3) is 0.412. The molecule has 0 bridgehead atoms. The number of fused-ring (bicyclic) bond motifs is 1. The molecule has 2 amide bonds. The monoisotopic (exact) mass is 341 g/mol. The maximum absolute atomic E-state index is 12.3. The molecule has 0 atom stereocenters. The number of nitrogens with zero attached hydrogens (tertiary/aromatic N) is 5. The fourth-order valence-electron chi connectivity index (χ4n) is 2.46. The zero-order valence-corrected chi connectivity index (χ0v) is 14.4. The molecule has 0 N–H and O–H groups in total. The first-order chi connectivity index (χ1) is 11.8. The van der Waals surface area contributed by atoms with Crippen molar-refractivity contribution in [2.45, 2.75) is 33.7 Å². The molecule has 1 aromatic heterocycles. The third-order valence-corrected chi connectivity index (χ3v) is 4.05. The van der Waals surface area contributed by atoms with Crippen LogP contribution >= 0.6 is 0 Å². The van der Waals surface area contributed by atoms with Crippen LogP contribution in [0.5, 0.6) is 0 Å². The van der Waals surface area contributed by atoms with Gasteiger partial charge in [-0.15, -0.1) is 10.2 Å². The SMILES string of the molecule is CC(C)(C)C(=O)Cn1nnc(CCN2C(=O)c3ccccc3C2=O)n1. The summed E-state index contributed by atoms with van der Waals surface area (Å²) in [7, 11) is 0. The molecule has 130 valence electrons. The van der Waals surface area contributed by atoms with Crippen molar-refractivity contribution in [3.05, 3.63) is 41.2 Å². The number of tetrazole rings is 1. The second kappa shape index (κ2) is 6.19. The van der Waals surface area contributed by atoms with Gasteiger partial charge in [0, 0.05) is 18.4 Å². The van der Waals surface area contributed by atoms with Gasteiger partial charge in [-0.25, -0.2) is 0 Å². The van der Waals surface area contributed by atoms with Crippen LogP contribution in [-0.4, -0.2) is 49.2 Å². The highest BCUT2D eigenvalue weighted by Gasteiger charge is 2.34. The molecule has 0 saturated carbocycles. The molecule has 0 unspecified atom stereocenters. The van der Waals surface area contributed by atoms with Crippen molar-refractivity contribution >= 4 is 17.6 Å². The summed E-state index contributed by atoms with van der Waals surface area (Å²) in [5.74, 6) is -0.234. The molecular formula is C17H19N5O3. The highest BCUT2D eigenvalue weighted by atomic mass is 16.2. The summed E-state index contributed by atoms with van der Waals surface area (Å²) in [5.41, 5.74) is 0.355. The molecule has 1 aliphatic heterocycles. The molecule has 8 heteroatoms. The molecule has 0 fully saturated rings. The average Bonchev–Trinajstić information content (AvgIpc) is 3.09. The van der Waals surface area contributed by atoms with E-state index in [0.717, 1.165) is 0 Å². The van der Waals surface area contributed by atoms with Crippen molar-refractivity contribution in [3.63, 3.8) is 0 Å². The number of carbonyl (C=O) groups is 3. The van der Waals surface area contributed by atoms with Gasteiger partial charge >= 0.3 is 0 Å². The number of ketones is 1. The van der Waals surface area contributed by atoms with E-state index in [1.165, 1.54) is 9.70 Å². The Hall–Kier alpha value is -2.90. The molecule has 0 saturated heterocycles. The second-order valence-corrected chi connectivity index (χ2v) is 6.97. The minimum Gasteiger partial charge on any atom is -0.297 e. The quantitative estimate of drug-likeness (QED) is 0.756. The molecule has 0 radical (unpaired) electrons. The van der Waals surface area contributed by atoms with Crippen molar-refractivity contribution in [3.8, 4) is 0 Å². The van der Waals surface area contributed by atoms with Crippen LogP contribution in [0, 0.1) is 5.41 Å². The predicted octanol–water partition coefficient (Wildman–Crippen LogP) is 1.13. The van der Waals surface area contributed by atoms with E-state index in [2.05, 4.69) is 15.4 Å². The summed E-state index contributed by atoms with van der Waals surface area (Å²) in [5, 5.41) is 11.9. The Balaban J connectivity index is 1.63. The molecule has 1 aliphatic rings. The van der Waals surface area contributed by atoms with Crippen LogP contribution in [0.25, 0.3) is 0 Å². The van der Waals surface area contributed by atoms with Gasteiger partial charge in [0.2, 0.25) is 0 Å². The lowest BCUT2D eigenvalue weighted by Crippen LogP contribution is -2.32. The first kappa shape index (κ1) is 16.9. The number of benzene rings is 1. The number of rotatable bonds is 5. The van der Waals surface area contributed by atoms with Crippen LogP contribution in [0.1, 0.15) is 47.3 Å². The van der Waals surface area contributed by atoms with Crippen molar-refractivity contribution in [1.82, 2.24) is 25.1 Å². The maximum atomic E-state index is 12.3. The second-order valence-electron chi connectivity index (χ2n) is 6.97. The van der Waals surface area contributed by atoms with Crippen LogP contribution in [-0.2, 0) is 17.8 Å². The number of aromatic nitrogens is 4. The molecular weight excluding hydrogens is 322 g/mol. The van der Waals surface area contributed by atoms with Gasteiger partial charge in [0.05, 0.1) is 11.1 Å². The Morgan fingerprint density at radius 2 is 1.68 bits per heavy atom. The number of hydrogen-bond donors (Lipinski definition) is 0. The number of Topliss-reactive ketones (excluding diaryl/α,β-unsaturated/α-hetero) is 1. The summed E-state index contributed by atoms with van der Waals surface area (Å²) < 4.78 is 0. The number of carbonyl (C=O) groups excluding carboxylic acids is 3. The predicted molar refractivity (Wildman–Crippen MR) is 87.8 cm³/mol. The third kappa shape index (κ3) is 3.33. The zero-order chi connectivity index (χ0) is 18.2. The van der Waals surface area contributed by atoms with Gasteiger partial charge in [-0.1, -0.05) is 32.9 Å². The minimum atomic E-state index is -0.478. The maximum Gasteiger partial charge on any atom is 0.261 e. The van der Waals surface area contributed by atoms with E-state index in [-0.39, 0.29) is 37.1 Å². The van der Waals surface area contributed by atoms with Crippen LogP contribution < -0.4 is 0 Å². The van der Waals surface area contributed by atoms with Crippen LogP contribution in [0.3, 0.4) is 0 Å². The van der Waals surface area contributed by atoms with E-state index >= 15 is 0 Å². The lowest BCUT2D eigenvalue weighted by molar-refractivity contribution is -0.127. The first-order valence-corrected chi connectivity index (χ1v) is 8.02. The fourth-order valence-corrected chi connectivity index (χ4v) is 2.46. The van der Waals surface area contributed by atoms with E-state index in [4.69, 9.17) is 0 Å². The van der Waals surface area contributed by atoms with Gasteiger partial charge in [-0.3, -0.25) is 19.3 Å². The highest BCUT2D eigenvalue weighted by Crippen LogP contribution is 2.22. The Morgan fingerprint density at radius 3 is 2.24 bits per heavy atom. The van der Waals surface area contributed by atoms with E-state index in [0.29, 0.717) is 17.0 Å². The Kier molecular flexibility index (Phi) is 4.20.